The summed E-state index contributed by atoms with van der Waals surface area (Å²) in [5.74, 6) is 0. The van der Waals surface area contributed by atoms with Crippen LogP contribution in [0.25, 0.3) is 0 Å². The molecule has 0 aromatic heterocycles. The number of hydrogen-bond acceptors (Lipinski definition) is 15. The van der Waals surface area contributed by atoms with E-state index in [4.69, 9.17) is 29.2 Å². The van der Waals surface area contributed by atoms with Crippen molar-refractivity contribution >= 4 is 0 Å². The summed E-state index contributed by atoms with van der Waals surface area (Å²) in [6, 6.07) is 0. The van der Waals surface area contributed by atoms with Gasteiger partial charge in [0.25, 0.3) is 0 Å². The fourth-order valence-corrected chi connectivity index (χ4v) is 3.47. The highest BCUT2D eigenvalue weighted by atomic mass is 16.7. The number of rotatable bonds is 10. The van der Waals surface area contributed by atoms with Crippen LogP contribution in [0.3, 0.4) is 0 Å². The first-order valence-electron chi connectivity index (χ1n) is 9.92. The van der Waals surface area contributed by atoms with Gasteiger partial charge in [-0.15, -0.1) is 0 Å². The Balaban J connectivity index is 2.14. The van der Waals surface area contributed by atoms with Crippen LogP contribution < -0.4 is 0 Å². The van der Waals surface area contributed by atoms with Gasteiger partial charge in [-0.3, -0.25) is 0 Å². The van der Waals surface area contributed by atoms with Gasteiger partial charge in [0, 0.05) is 0 Å². The van der Waals surface area contributed by atoms with Crippen LogP contribution in [0.2, 0.25) is 0 Å². The SMILES string of the molecule is OC[C@@H](O)C(O[C@@H]1O[C@H](CO)[C@@H](O[C@@H]2O[C@H](CO)[C@@H](O)[C@H](O)[C@H]2O)[C@H](O)[C@H]1O)[C@H](O)CO. The van der Waals surface area contributed by atoms with Crippen molar-refractivity contribution in [3.8, 4) is 0 Å². The van der Waals surface area contributed by atoms with Crippen molar-refractivity contribution in [1.29, 1.82) is 0 Å². The van der Waals surface area contributed by atoms with E-state index in [-0.39, 0.29) is 0 Å². The van der Waals surface area contributed by atoms with Crippen molar-refractivity contribution in [1.82, 2.24) is 0 Å². The van der Waals surface area contributed by atoms with Crippen LogP contribution >= 0.6 is 0 Å². The van der Waals surface area contributed by atoms with Crippen LogP contribution in [0.4, 0.5) is 0 Å². The number of aliphatic hydroxyl groups is 11. The zero-order chi connectivity index (χ0) is 24.2. The quantitative estimate of drug-likeness (QED) is 0.140. The lowest BCUT2D eigenvalue weighted by Gasteiger charge is -2.46. The lowest BCUT2D eigenvalue weighted by Crippen LogP contribution is -2.65. The molecule has 12 atom stereocenters. The van der Waals surface area contributed by atoms with Crippen molar-refractivity contribution in [3.63, 3.8) is 0 Å². The molecule has 2 rings (SSSR count). The molecule has 2 fully saturated rings. The van der Waals surface area contributed by atoms with Crippen LogP contribution in [0.1, 0.15) is 0 Å². The van der Waals surface area contributed by atoms with E-state index in [1.54, 1.807) is 0 Å². The molecule has 32 heavy (non-hydrogen) atoms. The molecular weight excluding hydrogens is 444 g/mol. The second-order valence-electron chi connectivity index (χ2n) is 7.61. The largest absolute Gasteiger partial charge is 0.394 e. The molecule has 0 aromatic rings. The smallest absolute Gasteiger partial charge is 0.187 e. The topological polar surface area (TPSA) is 259 Å². The van der Waals surface area contributed by atoms with Gasteiger partial charge in [-0.25, -0.2) is 0 Å². The van der Waals surface area contributed by atoms with Gasteiger partial charge in [-0.05, 0) is 0 Å². The van der Waals surface area contributed by atoms with Gasteiger partial charge in [0.1, 0.15) is 67.1 Å². The van der Waals surface area contributed by atoms with Crippen molar-refractivity contribution in [2.75, 3.05) is 26.4 Å². The van der Waals surface area contributed by atoms with E-state index in [2.05, 4.69) is 0 Å². The van der Waals surface area contributed by atoms with Crippen LogP contribution in [0, 0.1) is 0 Å². The molecule has 0 amide bonds. The lowest BCUT2D eigenvalue weighted by molar-refractivity contribution is -0.367. The summed E-state index contributed by atoms with van der Waals surface area (Å²) in [5, 5.41) is 107. The lowest BCUT2D eigenvalue weighted by atomic mass is 9.97. The Hall–Kier alpha value is -0.600. The highest BCUT2D eigenvalue weighted by Gasteiger charge is 2.51. The minimum atomic E-state index is -1.91. The standard InChI is InChI=1S/C17H32O15/c18-1-5(22)14(6(23)2-19)31-17-13(28)11(26)15(8(4-21)30-17)32-16-12(27)10(25)9(24)7(3-20)29-16/h5-28H,1-4H2/t5-,6-,7-,8-,9-,10+,11-,12-,13-,15-,16+,17+/m1/s1. The molecule has 0 aromatic carbocycles. The predicted molar refractivity (Wildman–Crippen MR) is 97.5 cm³/mol. The maximum atomic E-state index is 10.5. The highest BCUT2D eigenvalue weighted by molar-refractivity contribution is 4.94. The monoisotopic (exact) mass is 476 g/mol. The molecule has 0 aliphatic carbocycles. The maximum absolute atomic E-state index is 10.5. The van der Waals surface area contributed by atoms with Crippen molar-refractivity contribution < 1.29 is 75.1 Å². The summed E-state index contributed by atoms with van der Waals surface area (Å²) < 4.78 is 21.1. The summed E-state index contributed by atoms with van der Waals surface area (Å²) >= 11 is 0. The first-order chi connectivity index (χ1) is 15.1. The zero-order valence-electron chi connectivity index (χ0n) is 16.9. The minimum absolute atomic E-state index is 0.738. The van der Waals surface area contributed by atoms with E-state index in [1.165, 1.54) is 0 Å². The molecule has 0 bridgehead atoms. The molecule has 2 aliphatic heterocycles. The van der Waals surface area contributed by atoms with Crippen LogP contribution in [-0.2, 0) is 18.9 Å². The van der Waals surface area contributed by atoms with Crippen LogP contribution in [-0.4, -0.2) is 162 Å². The summed E-state index contributed by atoms with van der Waals surface area (Å²) in [5.41, 5.74) is 0. The van der Waals surface area contributed by atoms with E-state index in [0.29, 0.717) is 0 Å². The fraction of sp³-hybridized carbons (Fsp3) is 1.00. The number of ether oxygens (including phenoxy) is 4. The molecular formula is C17H32O15. The fourth-order valence-electron chi connectivity index (χ4n) is 3.47. The van der Waals surface area contributed by atoms with E-state index in [0.717, 1.165) is 0 Å². The van der Waals surface area contributed by atoms with Gasteiger partial charge in [-0.2, -0.15) is 0 Å². The highest BCUT2D eigenvalue weighted by Crippen LogP contribution is 2.30. The number of aliphatic hydroxyl groups excluding tert-OH is 11. The maximum Gasteiger partial charge on any atom is 0.187 e. The molecule has 0 radical (unpaired) electrons. The molecule has 0 unspecified atom stereocenters. The van der Waals surface area contributed by atoms with Crippen molar-refractivity contribution in [3.05, 3.63) is 0 Å². The summed E-state index contributed by atoms with van der Waals surface area (Å²) in [6.07, 6.45) is -21.8. The third-order valence-corrected chi connectivity index (χ3v) is 5.38. The van der Waals surface area contributed by atoms with E-state index in [9.17, 15) is 46.0 Å². The van der Waals surface area contributed by atoms with E-state index < -0.39 is 106 Å². The Labute approximate surface area is 182 Å². The molecule has 0 saturated carbocycles. The first kappa shape index (κ1) is 27.6. The molecule has 2 aliphatic rings. The molecule has 190 valence electrons. The van der Waals surface area contributed by atoms with E-state index in [1.807, 2.05) is 0 Å². The summed E-state index contributed by atoms with van der Waals surface area (Å²) in [4.78, 5) is 0. The second-order valence-corrected chi connectivity index (χ2v) is 7.61. The molecule has 2 saturated heterocycles. The average molecular weight is 476 g/mol. The predicted octanol–water partition coefficient (Wildman–Crippen LogP) is -7.30. The third-order valence-electron chi connectivity index (χ3n) is 5.38. The van der Waals surface area contributed by atoms with Crippen molar-refractivity contribution in [2.24, 2.45) is 0 Å². The zero-order valence-corrected chi connectivity index (χ0v) is 16.9. The average Bonchev–Trinajstić information content (AvgIpc) is 2.80. The van der Waals surface area contributed by atoms with Gasteiger partial charge in [0.15, 0.2) is 12.6 Å². The molecule has 15 heteroatoms. The molecule has 2 heterocycles. The Morgan fingerprint density at radius 2 is 1.12 bits per heavy atom. The second kappa shape index (κ2) is 12.2. The van der Waals surface area contributed by atoms with Crippen LogP contribution in [0.5, 0.6) is 0 Å². The molecule has 11 N–H and O–H groups in total. The Morgan fingerprint density at radius 3 is 1.62 bits per heavy atom. The molecule has 0 spiro atoms. The molecule has 15 nitrogen and oxygen atoms in total. The summed E-state index contributed by atoms with van der Waals surface area (Å²) in [6.45, 7) is -3.31. The van der Waals surface area contributed by atoms with Gasteiger partial charge in [0.05, 0.1) is 26.4 Å². The normalized spacial score (nSPS) is 42.8. The Bertz CT molecular complexity index is 540. The number of hydrogen-bond donors (Lipinski definition) is 11. The van der Waals surface area contributed by atoms with Gasteiger partial charge < -0.3 is 75.1 Å². The summed E-state index contributed by atoms with van der Waals surface area (Å²) in [7, 11) is 0. The van der Waals surface area contributed by atoms with Gasteiger partial charge in [-0.1, -0.05) is 0 Å². The first-order valence-corrected chi connectivity index (χ1v) is 9.92. The Kier molecular flexibility index (Phi) is 10.5. The van der Waals surface area contributed by atoms with Crippen LogP contribution in [0.15, 0.2) is 0 Å². The van der Waals surface area contributed by atoms with Crippen molar-refractivity contribution in [2.45, 2.75) is 79.7 Å². The van der Waals surface area contributed by atoms with Gasteiger partial charge >= 0.3 is 0 Å². The Morgan fingerprint density at radius 1 is 0.625 bits per heavy atom. The van der Waals surface area contributed by atoms with Gasteiger partial charge in [0.2, 0.25) is 0 Å². The minimum Gasteiger partial charge on any atom is -0.394 e. The third kappa shape index (κ3) is 5.90. The van der Waals surface area contributed by atoms with E-state index >= 15 is 0 Å².